The Morgan fingerprint density at radius 1 is 1.31 bits per heavy atom. The molecule has 1 aromatic carbocycles. The van der Waals surface area contributed by atoms with Gasteiger partial charge in [0.05, 0.1) is 0 Å². The van der Waals surface area contributed by atoms with Gasteiger partial charge < -0.3 is 10.4 Å². The molecule has 0 atom stereocenters. The van der Waals surface area contributed by atoms with Gasteiger partial charge in [-0.3, -0.25) is 4.79 Å². The first kappa shape index (κ1) is 12.7. The fourth-order valence-corrected chi connectivity index (χ4v) is 1.35. The molecule has 0 aliphatic heterocycles. The number of carboxylic acids is 1. The highest BCUT2D eigenvalue weighted by Gasteiger charge is 2.25. The minimum atomic E-state index is -0.856. The molecule has 88 valence electrons. The molecular formula is C13H19NO2. The molecule has 1 rings (SSSR count). The third kappa shape index (κ3) is 3.66. The Morgan fingerprint density at radius 3 is 2.38 bits per heavy atom. The second-order valence-corrected chi connectivity index (χ2v) is 4.59. The summed E-state index contributed by atoms with van der Waals surface area (Å²) in [5, 5.41) is 11.9. The van der Waals surface area contributed by atoms with E-state index in [9.17, 15) is 4.79 Å². The standard InChI is InChI=1S/C13H19NO2/c1-10-4-6-11(7-5-10)8-9-14-13(2,3)12(15)16/h4-7,14H,8-9H2,1-3H3,(H,15,16). The summed E-state index contributed by atoms with van der Waals surface area (Å²) in [4.78, 5) is 10.8. The van der Waals surface area contributed by atoms with E-state index in [1.165, 1.54) is 11.1 Å². The summed E-state index contributed by atoms with van der Waals surface area (Å²) in [5.74, 6) is -0.823. The van der Waals surface area contributed by atoms with Crippen molar-refractivity contribution in [3.63, 3.8) is 0 Å². The minimum Gasteiger partial charge on any atom is -0.480 e. The summed E-state index contributed by atoms with van der Waals surface area (Å²) in [5.41, 5.74) is 1.60. The summed E-state index contributed by atoms with van der Waals surface area (Å²) in [6.07, 6.45) is 0.844. The van der Waals surface area contributed by atoms with E-state index in [1.54, 1.807) is 13.8 Å². The van der Waals surface area contributed by atoms with E-state index in [0.717, 1.165) is 6.42 Å². The molecule has 0 saturated carbocycles. The van der Waals surface area contributed by atoms with Crippen molar-refractivity contribution in [2.24, 2.45) is 0 Å². The lowest BCUT2D eigenvalue weighted by atomic mass is 10.1. The first-order valence-corrected chi connectivity index (χ1v) is 5.46. The van der Waals surface area contributed by atoms with E-state index in [-0.39, 0.29) is 0 Å². The van der Waals surface area contributed by atoms with E-state index in [0.29, 0.717) is 6.54 Å². The molecule has 0 aliphatic rings. The van der Waals surface area contributed by atoms with Crippen molar-refractivity contribution in [1.82, 2.24) is 5.32 Å². The fraction of sp³-hybridized carbons (Fsp3) is 0.462. The summed E-state index contributed by atoms with van der Waals surface area (Å²) in [6, 6.07) is 8.28. The van der Waals surface area contributed by atoms with Gasteiger partial charge in [-0.2, -0.15) is 0 Å². The molecule has 1 aromatic rings. The lowest BCUT2D eigenvalue weighted by Crippen LogP contribution is -2.47. The molecule has 0 amide bonds. The SMILES string of the molecule is Cc1ccc(CCNC(C)(C)C(=O)O)cc1. The molecule has 0 unspecified atom stereocenters. The van der Waals surface area contributed by atoms with Crippen LogP contribution in [0.15, 0.2) is 24.3 Å². The predicted molar refractivity (Wildman–Crippen MR) is 64.6 cm³/mol. The Hall–Kier alpha value is -1.35. The maximum Gasteiger partial charge on any atom is 0.323 e. The number of aryl methyl sites for hydroxylation is 1. The lowest BCUT2D eigenvalue weighted by Gasteiger charge is -2.20. The molecule has 3 heteroatoms. The maximum atomic E-state index is 10.8. The molecule has 3 nitrogen and oxygen atoms in total. The third-order valence-electron chi connectivity index (χ3n) is 2.64. The summed E-state index contributed by atoms with van der Waals surface area (Å²) in [6.45, 7) is 6.06. The summed E-state index contributed by atoms with van der Waals surface area (Å²) >= 11 is 0. The number of hydrogen-bond acceptors (Lipinski definition) is 2. The number of carboxylic acid groups (broad SMARTS) is 1. The monoisotopic (exact) mass is 221 g/mol. The van der Waals surface area contributed by atoms with Gasteiger partial charge >= 0.3 is 5.97 Å². The highest BCUT2D eigenvalue weighted by Crippen LogP contribution is 2.05. The van der Waals surface area contributed by atoms with Crippen LogP contribution in [0.4, 0.5) is 0 Å². The Morgan fingerprint density at radius 2 is 1.88 bits per heavy atom. The predicted octanol–water partition coefficient (Wildman–Crippen LogP) is 1.99. The second kappa shape index (κ2) is 5.12. The van der Waals surface area contributed by atoms with Gasteiger partial charge in [-0.15, -0.1) is 0 Å². The molecule has 0 aliphatic carbocycles. The third-order valence-corrected chi connectivity index (χ3v) is 2.64. The van der Waals surface area contributed by atoms with Crippen LogP contribution in [0.1, 0.15) is 25.0 Å². The van der Waals surface area contributed by atoms with Gasteiger partial charge in [0.1, 0.15) is 5.54 Å². The van der Waals surface area contributed by atoms with Crippen molar-refractivity contribution >= 4 is 5.97 Å². The molecule has 0 heterocycles. The van der Waals surface area contributed by atoms with Crippen LogP contribution >= 0.6 is 0 Å². The van der Waals surface area contributed by atoms with Gasteiger partial charge in [0.25, 0.3) is 0 Å². The number of carbonyl (C=O) groups is 1. The van der Waals surface area contributed by atoms with E-state index < -0.39 is 11.5 Å². The van der Waals surface area contributed by atoms with E-state index in [2.05, 4.69) is 36.5 Å². The fourth-order valence-electron chi connectivity index (χ4n) is 1.35. The largest absolute Gasteiger partial charge is 0.480 e. The topological polar surface area (TPSA) is 49.3 Å². The maximum absolute atomic E-state index is 10.8. The minimum absolute atomic E-state index is 0.669. The zero-order valence-corrected chi connectivity index (χ0v) is 10.1. The van der Waals surface area contributed by atoms with Crippen LogP contribution in [-0.2, 0) is 11.2 Å². The average molecular weight is 221 g/mol. The van der Waals surface area contributed by atoms with Crippen molar-refractivity contribution in [2.75, 3.05) is 6.54 Å². The van der Waals surface area contributed by atoms with Gasteiger partial charge in [0.15, 0.2) is 0 Å². The Bertz CT molecular complexity index is 355. The molecule has 0 bridgehead atoms. The van der Waals surface area contributed by atoms with Crippen molar-refractivity contribution in [2.45, 2.75) is 32.7 Å². The molecule has 0 radical (unpaired) electrons. The molecule has 0 spiro atoms. The quantitative estimate of drug-likeness (QED) is 0.799. The van der Waals surface area contributed by atoms with Crippen LogP contribution in [0.2, 0.25) is 0 Å². The van der Waals surface area contributed by atoms with Crippen molar-refractivity contribution < 1.29 is 9.90 Å². The highest BCUT2D eigenvalue weighted by atomic mass is 16.4. The molecule has 16 heavy (non-hydrogen) atoms. The molecule has 0 aromatic heterocycles. The molecule has 0 fully saturated rings. The van der Waals surface area contributed by atoms with Gasteiger partial charge in [-0.25, -0.2) is 0 Å². The van der Waals surface area contributed by atoms with Crippen molar-refractivity contribution in [3.05, 3.63) is 35.4 Å². The normalized spacial score (nSPS) is 11.4. The van der Waals surface area contributed by atoms with Gasteiger partial charge in [0, 0.05) is 6.54 Å². The first-order chi connectivity index (χ1) is 7.42. The van der Waals surface area contributed by atoms with Crippen LogP contribution < -0.4 is 5.32 Å². The number of rotatable bonds is 5. The summed E-state index contributed by atoms with van der Waals surface area (Å²) < 4.78 is 0. The molecular weight excluding hydrogens is 202 g/mol. The molecule has 0 saturated heterocycles. The summed E-state index contributed by atoms with van der Waals surface area (Å²) in [7, 11) is 0. The van der Waals surface area contributed by atoms with Gasteiger partial charge in [-0.1, -0.05) is 29.8 Å². The van der Waals surface area contributed by atoms with Crippen LogP contribution in [0, 0.1) is 6.92 Å². The Kier molecular flexibility index (Phi) is 4.07. The second-order valence-electron chi connectivity index (χ2n) is 4.59. The number of nitrogens with one attached hydrogen (secondary N) is 1. The van der Waals surface area contributed by atoms with Crippen molar-refractivity contribution in [3.8, 4) is 0 Å². The Labute approximate surface area is 96.5 Å². The van der Waals surface area contributed by atoms with Crippen LogP contribution in [0.25, 0.3) is 0 Å². The highest BCUT2D eigenvalue weighted by molar-refractivity contribution is 5.77. The lowest BCUT2D eigenvalue weighted by molar-refractivity contribution is -0.143. The van der Waals surface area contributed by atoms with E-state index >= 15 is 0 Å². The number of aliphatic carboxylic acids is 1. The zero-order valence-electron chi connectivity index (χ0n) is 10.1. The zero-order chi connectivity index (χ0) is 12.2. The van der Waals surface area contributed by atoms with E-state index in [1.807, 2.05) is 0 Å². The van der Waals surface area contributed by atoms with E-state index in [4.69, 9.17) is 5.11 Å². The number of hydrogen-bond donors (Lipinski definition) is 2. The molecule has 2 N–H and O–H groups in total. The average Bonchev–Trinajstić information content (AvgIpc) is 2.20. The smallest absolute Gasteiger partial charge is 0.323 e. The van der Waals surface area contributed by atoms with Crippen LogP contribution in [0.5, 0.6) is 0 Å². The van der Waals surface area contributed by atoms with Gasteiger partial charge in [-0.05, 0) is 32.8 Å². The number of benzene rings is 1. The Balaban J connectivity index is 2.41. The van der Waals surface area contributed by atoms with Gasteiger partial charge in [0.2, 0.25) is 0 Å². The van der Waals surface area contributed by atoms with Crippen LogP contribution in [0.3, 0.4) is 0 Å². The van der Waals surface area contributed by atoms with Crippen molar-refractivity contribution in [1.29, 1.82) is 0 Å². The first-order valence-electron chi connectivity index (χ1n) is 5.46. The van der Waals surface area contributed by atoms with Crippen LogP contribution in [-0.4, -0.2) is 23.2 Å².